The molecule has 28 heavy (non-hydrogen) atoms. The molecule has 6 heteroatoms. The zero-order chi connectivity index (χ0) is 19.2. The van der Waals surface area contributed by atoms with Crippen LogP contribution in [0.2, 0.25) is 5.02 Å². The minimum atomic E-state index is 0.503. The minimum absolute atomic E-state index is 0.503. The molecule has 0 atom stereocenters. The lowest BCUT2D eigenvalue weighted by Crippen LogP contribution is -2.22. The van der Waals surface area contributed by atoms with Crippen LogP contribution in [0.1, 0.15) is 37.8 Å². The van der Waals surface area contributed by atoms with Gasteiger partial charge in [0, 0.05) is 30.2 Å². The zero-order valence-electron chi connectivity index (χ0n) is 15.7. The van der Waals surface area contributed by atoms with Gasteiger partial charge >= 0.3 is 0 Å². The predicted molar refractivity (Wildman–Crippen MR) is 115 cm³/mol. The Labute approximate surface area is 170 Å². The molecule has 0 saturated heterocycles. The van der Waals surface area contributed by atoms with Gasteiger partial charge in [-0.1, -0.05) is 36.9 Å². The molecule has 144 valence electrons. The smallest absolute Gasteiger partial charge is 0.126 e. The second kappa shape index (κ2) is 9.02. The van der Waals surface area contributed by atoms with Crippen molar-refractivity contribution in [3.63, 3.8) is 0 Å². The predicted octanol–water partition coefficient (Wildman–Crippen LogP) is 5.55. The van der Waals surface area contributed by atoms with Gasteiger partial charge in [0.05, 0.1) is 17.3 Å². The van der Waals surface area contributed by atoms with E-state index in [1.807, 2.05) is 36.4 Å². The lowest BCUT2D eigenvalue weighted by atomic mass is 9.95. The van der Waals surface area contributed by atoms with Crippen LogP contribution in [0.15, 0.2) is 55.0 Å². The number of nitrogens with zero attached hydrogens (tertiary/aromatic N) is 3. The van der Waals surface area contributed by atoms with Gasteiger partial charge in [0.2, 0.25) is 0 Å². The molecule has 5 nitrogen and oxygen atoms in total. The third-order valence-corrected chi connectivity index (χ3v) is 5.36. The van der Waals surface area contributed by atoms with Crippen molar-refractivity contribution in [3.05, 3.63) is 65.7 Å². The Bertz CT molecular complexity index is 910. The first-order valence-corrected chi connectivity index (χ1v) is 10.2. The summed E-state index contributed by atoms with van der Waals surface area (Å²) < 4.78 is 0. The first-order valence-electron chi connectivity index (χ1n) is 9.80. The normalized spacial score (nSPS) is 14.6. The third kappa shape index (κ3) is 4.78. The number of hydrogen-bond donors (Lipinski definition) is 2. The molecule has 3 aromatic rings. The van der Waals surface area contributed by atoms with E-state index < -0.39 is 0 Å². The SMILES string of the molecule is Clc1cnc(NC2CCCCC2)cc1-c1ccnc(NCc2ccccn2)c1. The summed E-state index contributed by atoms with van der Waals surface area (Å²) in [6.45, 7) is 0.621. The van der Waals surface area contributed by atoms with E-state index in [2.05, 4.69) is 25.6 Å². The number of halogens is 1. The van der Waals surface area contributed by atoms with Gasteiger partial charge in [0.15, 0.2) is 0 Å². The average molecular weight is 394 g/mol. The van der Waals surface area contributed by atoms with Crippen molar-refractivity contribution < 1.29 is 0 Å². The van der Waals surface area contributed by atoms with Crippen LogP contribution in [0.3, 0.4) is 0 Å². The highest BCUT2D eigenvalue weighted by Gasteiger charge is 2.15. The number of anilines is 2. The summed E-state index contributed by atoms with van der Waals surface area (Å²) in [7, 11) is 0. The first kappa shape index (κ1) is 18.7. The van der Waals surface area contributed by atoms with E-state index in [9.17, 15) is 0 Å². The quantitative estimate of drug-likeness (QED) is 0.575. The van der Waals surface area contributed by atoms with Crippen LogP contribution in [0.25, 0.3) is 11.1 Å². The van der Waals surface area contributed by atoms with Crippen molar-refractivity contribution in [1.82, 2.24) is 15.0 Å². The van der Waals surface area contributed by atoms with Gasteiger partial charge in [-0.3, -0.25) is 4.98 Å². The molecular formula is C22H24ClN5. The maximum Gasteiger partial charge on any atom is 0.126 e. The van der Waals surface area contributed by atoms with Crippen molar-refractivity contribution >= 4 is 23.2 Å². The standard InChI is InChI=1S/C22H24ClN5/c23-20-15-27-22(28-17-6-2-1-3-7-17)13-19(20)16-9-11-25-21(12-16)26-14-18-8-4-5-10-24-18/h4-5,8-13,15,17H,1-3,6-7,14H2,(H,25,26)(H,27,28). The fourth-order valence-corrected chi connectivity index (χ4v) is 3.79. The molecule has 1 aliphatic carbocycles. The Morgan fingerprint density at radius 1 is 0.929 bits per heavy atom. The summed E-state index contributed by atoms with van der Waals surface area (Å²) in [5.74, 6) is 1.67. The van der Waals surface area contributed by atoms with Crippen molar-refractivity contribution in [3.8, 4) is 11.1 Å². The van der Waals surface area contributed by atoms with Crippen LogP contribution >= 0.6 is 11.6 Å². The molecule has 0 aliphatic heterocycles. The van der Waals surface area contributed by atoms with Crippen molar-refractivity contribution in [2.75, 3.05) is 10.6 Å². The average Bonchev–Trinajstić information content (AvgIpc) is 2.75. The summed E-state index contributed by atoms with van der Waals surface area (Å²) in [6.07, 6.45) is 11.6. The van der Waals surface area contributed by atoms with Gasteiger partial charge in [-0.15, -0.1) is 0 Å². The number of aromatic nitrogens is 3. The van der Waals surface area contributed by atoms with Gasteiger partial charge in [-0.25, -0.2) is 9.97 Å². The van der Waals surface area contributed by atoms with E-state index in [4.69, 9.17) is 11.6 Å². The Morgan fingerprint density at radius 2 is 1.82 bits per heavy atom. The second-order valence-electron chi connectivity index (χ2n) is 7.13. The van der Waals surface area contributed by atoms with Crippen LogP contribution in [0.4, 0.5) is 11.6 Å². The van der Waals surface area contributed by atoms with Crippen LogP contribution in [-0.2, 0) is 6.54 Å². The minimum Gasteiger partial charge on any atom is -0.367 e. The molecule has 1 aliphatic rings. The first-order chi connectivity index (χ1) is 13.8. The Morgan fingerprint density at radius 3 is 2.64 bits per heavy atom. The summed E-state index contributed by atoms with van der Waals surface area (Å²) in [4.78, 5) is 13.2. The fraction of sp³-hybridized carbons (Fsp3) is 0.318. The van der Waals surface area contributed by atoms with E-state index in [-0.39, 0.29) is 0 Å². The van der Waals surface area contributed by atoms with E-state index in [1.165, 1.54) is 32.1 Å². The Hall–Kier alpha value is -2.66. The summed E-state index contributed by atoms with van der Waals surface area (Å²) >= 11 is 6.46. The highest BCUT2D eigenvalue weighted by Crippen LogP contribution is 2.31. The Balaban J connectivity index is 1.50. The molecule has 0 spiro atoms. The molecule has 3 heterocycles. The number of hydrogen-bond acceptors (Lipinski definition) is 5. The van der Waals surface area contributed by atoms with E-state index >= 15 is 0 Å². The molecule has 0 unspecified atom stereocenters. The maximum atomic E-state index is 6.46. The molecule has 0 amide bonds. The molecule has 3 aromatic heterocycles. The van der Waals surface area contributed by atoms with Gasteiger partial charge in [0.1, 0.15) is 11.6 Å². The molecule has 0 radical (unpaired) electrons. The van der Waals surface area contributed by atoms with Crippen molar-refractivity contribution in [1.29, 1.82) is 0 Å². The molecule has 0 bridgehead atoms. The Kier molecular flexibility index (Phi) is 6.02. The third-order valence-electron chi connectivity index (χ3n) is 5.06. The van der Waals surface area contributed by atoms with Crippen LogP contribution in [0, 0.1) is 0 Å². The topological polar surface area (TPSA) is 62.7 Å². The van der Waals surface area contributed by atoms with E-state index in [0.717, 1.165) is 28.5 Å². The number of pyridine rings is 3. The number of nitrogens with one attached hydrogen (secondary N) is 2. The van der Waals surface area contributed by atoms with Gasteiger partial charge in [0.25, 0.3) is 0 Å². The molecule has 4 rings (SSSR count). The van der Waals surface area contributed by atoms with Crippen LogP contribution < -0.4 is 10.6 Å². The summed E-state index contributed by atoms with van der Waals surface area (Å²) in [5, 5.41) is 7.53. The van der Waals surface area contributed by atoms with E-state index in [1.54, 1.807) is 18.6 Å². The number of rotatable bonds is 6. The molecule has 1 fully saturated rings. The molecule has 2 N–H and O–H groups in total. The lowest BCUT2D eigenvalue weighted by Gasteiger charge is -2.23. The zero-order valence-corrected chi connectivity index (χ0v) is 16.5. The fourth-order valence-electron chi connectivity index (χ4n) is 3.57. The molecular weight excluding hydrogens is 370 g/mol. The van der Waals surface area contributed by atoms with Gasteiger partial charge in [-0.2, -0.15) is 0 Å². The maximum absolute atomic E-state index is 6.46. The highest BCUT2D eigenvalue weighted by molar-refractivity contribution is 6.33. The van der Waals surface area contributed by atoms with Crippen LogP contribution in [0.5, 0.6) is 0 Å². The highest BCUT2D eigenvalue weighted by atomic mass is 35.5. The van der Waals surface area contributed by atoms with Crippen molar-refractivity contribution in [2.24, 2.45) is 0 Å². The van der Waals surface area contributed by atoms with E-state index in [0.29, 0.717) is 17.6 Å². The summed E-state index contributed by atoms with van der Waals surface area (Å²) in [6, 6.07) is 12.4. The summed E-state index contributed by atoms with van der Waals surface area (Å²) in [5.41, 5.74) is 2.94. The van der Waals surface area contributed by atoms with Crippen LogP contribution in [-0.4, -0.2) is 21.0 Å². The largest absolute Gasteiger partial charge is 0.367 e. The monoisotopic (exact) mass is 393 g/mol. The second-order valence-corrected chi connectivity index (χ2v) is 7.54. The molecule has 1 saturated carbocycles. The lowest BCUT2D eigenvalue weighted by molar-refractivity contribution is 0.462. The van der Waals surface area contributed by atoms with Gasteiger partial charge in [-0.05, 0) is 48.7 Å². The van der Waals surface area contributed by atoms with Gasteiger partial charge < -0.3 is 10.6 Å². The molecule has 0 aromatic carbocycles. The van der Waals surface area contributed by atoms with Crippen molar-refractivity contribution in [2.45, 2.75) is 44.7 Å².